The molecule has 3 unspecified atom stereocenters. The Labute approximate surface area is 126 Å². The predicted octanol–water partition coefficient (Wildman–Crippen LogP) is 2.92. The summed E-state index contributed by atoms with van der Waals surface area (Å²) in [6, 6.07) is 7.91. The molecule has 1 aliphatic carbocycles. The van der Waals surface area contributed by atoms with E-state index in [2.05, 4.69) is 21.2 Å². The number of halogens is 1. The first-order valence-electron chi connectivity index (χ1n) is 6.68. The van der Waals surface area contributed by atoms with Gasteiger partial charge in [-0.05, 0) is 43.4 Å². The molecule has 1 saturated carbocycles. The van der Waals surface area contributed by atoms with Crippen LogP contribution in [-0.4, -0.2) is 22.5 Å². The van der Waals surface area contributed by atoms with Crippen LogP contribution in [0.3, 0.4) is 0 Å². The van der Waals surface area contributed by atoms with Crippen molar-refractivity contribution in [2.45, 2.75) is 38.1 Å². The molecule has 5 heteroatoms. The van der Waals surface area contributed by atoms with Gasteiger partial charge in [-0.3, -0.25) is 4.79 Å². The number of hydrogen-bond acceptors (Lipinski definition) is 2. The zero-order valence-electron chi connectivity index (χ0n) is 11.5. The molecule has 4 nitrogen and oxygen atoms in total. The number of hydrogen-bond donors (Lipinski definition) is 2. The Morgan fingerprint density at radius 1 is 1.40 bits per heavy atom. The lowest BCUT2D eigenvalue weighted by Gasteiger charge is -2.24. The van der Waals surface area contributed by atoms with E-state index < -0.39 is 11.5 Å². The van der Waals surface area contributed by atoms with Gasteiger partial charge in [-0.2, -0.15) is 0 Å². The number of aliphatic carboxylic acids is 1. The minimum absolute atomic E-state index is 0.110. The van der Waals surface area contributed by atoms with E-state index in [1.807, 2.05) is 24.3 Å². The number of benzene rings is 1. The topological polar surface area (TPSA) is 66.4 Å². The van der Waals surface area contributed by atoms with Crippen molar-refractivity contribution in [3.8, 4) is 0 Å². The summed E-state index contributed by atoms with van der Waals surface area (Å²) in [5.41, 5.74) is -0.0499. The molecule has 108 valence electrons. The molecule has 0 saturated heterocycles. The average Bonchev–Trinajstić information content (AvgIpc) is 3.19. The lowest BCUT2D eigenvalue weighted by molar-refractivity contribution is -0.147. The molecule has 1 fully saturated rings. The standard InChI is InChI=1S/C15H18BrNO3/c1-3-15(2,14(19)20)17-13(18)12-8-11(12)9-4-6-10(16)7-5-9/h4-7,11-12H,3,8H2,1-2H3,(H,17,18)(H,19,20). The Morgan fingerprint density at radius 2 is 2.00 bits per heavy atom. The minimum atomic E-state index is -1.18. The SMILES string of the molecule is CCC(C)(NC(=O)C1CC1c1ccc(Br)cc1)C(=O)O. The number of carbonyl (C=O) groups is 2. The van der Waals surface area contributed by atoms with Gasteiger partial charge in [0.15, 0.2) is 0 Å². The maximum atomic E-state index is 12.2. The van der Waals surface area contributed by atoms with Crippen LogP contribution < -0.4 is 5.32 Å². The van der Waals surface area contributed by atoms with Crippen LogP contribution in [0.25, 0.3) is 0 Å². The molecular weight excluding hydrogens is 322 g/mol. The highest BCUT2D eigenvalue weighted by atomic mass is 79.9. The molecule has 2 N–H and O–H groups in total. The first-order chi connectivity index (χ1) is 9.37. The van der Waals surface area contributed by atoms with Gasteiger partial charge in [0.2, 0.25) is 5.91 Å². The smallest absolute Gasteiger partial charge is 0.329 e. The first-order valence-corrected chi connectivity index (χ1v) is 7.47. The summed E-state index contributed by atoms with van der Waals surface area (Å²) in [6.07, 6.45) is 1.15. The van der Waals surface area contributed by atoms with Crippen LogP contribution in [0.5, 0.6) is 0 Å². The van der Waals surface area contributed by atoms with E-state index >= 15 is 0 Å². The van der Waals surface area contributed by atoms with E-state index in [-0.39, 0.29) is 17.7 Å². The molecule has 1 aromatic carbocycles. The summed E-state index contributed by atoms with van der Waals surface area (Å²) < 4.78 is 1.01. The molecule has 2 rings (SSSR count). The second-order valence-corrected chi connectivity index (χ2v) is 6.40. The van der Waals surface area contributed by atoms with Crippen LogP contribution in [0.2, 0.25) is 0 Å². The molecule has 0 aliphatic heterocycles. The van der Waals surface area contributed by atoms with Crippen LogP contribution in [-0.2, 0) is 9.59 Å². The molecule has 1 aliphatic rings. The third kappa shape index (κ3) is 3.03. The Morgan fingerprint density at radius 3 is 2.50 bits per heavy atom. The molecule has 3 atom stereocenters. The summed E-state index contributed by atoms with van der Waals surface area (Å²) in [7, 11) is 0. The van der Waals surface area contributed by atoms with Gasteiger partial charge in [-0.1, -0.05) is 35.0 Å². The first kappa shape index (κ1) is 15.0. The van der Waals surface area contributed by atoms with E-state index in [4.69, 9.17) is 0 Å². The van der Waals surface area contributed by atoms with Crippen LogP contribution in [0.1, 0.15) is 38.2 Å². The fourth-order valence-electron chi connectivity index (χ4n) is 2.22. The van der Waals surface area contributed by atoms with Gasteiger partial charge in [-0.25, -0.2) is 4.79 Å². The van der Waals surface area contributed by atoms with E-state index in [1.165, 1.54) is 0 Å². The zero-order chi connectivity index (χ0) is 14.9. The molecule has 0 aromatic heterocycles. The highest BCUT2D eigenvalue weighted by Gasteiger charge is 2.46. The Kier molecular flexibility index (Phi) is 4.18. The van der Waals surface area contributed by atoms with Gasteiger partial charge in [-0.15, -0.1) is 0 Å². The van der Waals surface area contributed by atoms with Crippen LogP contribution in [0.15, 0.2) is 28.7 Å². The molecule has 0 radical (unpaired) electrons. The molecular formula is C15H18BrNO3. The van der Waals surface area contributed by atoms with Gasteiger partial charge in [0, 0.05) is 10.4 Å². The van der Waals surface area contributed by atoms with Crippen molar-refractivity contribution in [2.75, 3.05) is 0 Å². The zero-order valence-corrected chi connectivity index (χ0v) is 13.1. The van der Waals surface area contributed by atoms with Crippen molar-refractivity contribution in [2.24, 2.45) is 5.92 Å². The molecule has 1 aromatic rings. The fourth-order valence-corrected chi connectivity index (χ4v) is 2.49. The maximum absolute atomic E-state index is 12.2. The van der Waals surface area contributed by atoms with Crippen LogP contribution in [0.4, 0.5) is 0 Å². The molecule has 0 spiro atoms. The number of amides is 1. The molecule has 20 heavy (non-hydrogen) atoms. The Balaban J connectivity index is 1.99. The third-order valence-corrected chi connectivity index (χ3v) is 4.53. The van der Waals surface area contributed by atoms with Crippen molar-refractivity contribution in [3.05, 3.63) is 34.3 Å². The largest absolute Gasteiger partial charge is 0.480 e. The third-order valence-electron chi connectivity index (χ3n) is 4.00. The normalized spacial score (nSPS) is 23.8. The van der Waals surface area contributed by atoms with Crippen molar-refractivity contribution in [1.29, 1.82) is 0 Å². The van der Waals surface area contributed by atoms with Crippen molar-refractivity contribution in [3.63, 3.8) is 0 Å². The number of nitrogens with one attached hydrogen (secondary N) is 1. The lowest BCUT2D eigenvalue weighted by Crippen LogP contribution is -2.52. The molecule has 0 bridgehead atoms. The highest BCUT2D eigenvalue weighted by molar-refractivity contribution is 9.10. The summed E-state index contributed by atoms with van der Waals surface area (Å²) in [4.78, 5) is 23.4. The molecule has 1 amide bonds. The van der Waals surface area contributed by atoms with Gasteiger partial charge >= 0.3 is 5.97 Å². The second-order valence-electron chi connectivity index (χ2n) is 5.48. The van der Waals surface area contributed by atoms with Crippen LogP contribution in [0, 0.1) is 5.92 Å². The monoisotopic (exact) mass is 339 g/mol. The summed E-state index contributed by atoms with van der Waals surface area (Å²) >= 11 is 3.38. The second kappa shape index (κ2) is 5.56. The summed E-state index contributed by atoms with van der Waals surface area (Å²) in [5, 5.41) is 11.8. The van der Waals surface area contributed by atoms with Crippen molar-refractivity contribution >= 4 is 27.8 Å². The van der Waals surface area contributed by atoms with Gasteiger partial charge < -0.3 is 10.4 Å². The maximum Gasteiger partial charge on any atom is 0.329 e. The van der Waals surface area contributed by atoms with Gasteiger partial charge in [0.05, 0.1) is 0 Å². The quantitative estimate of drug-likeness (QED) is 0.866. The fraction of sp³-hybridized carbons (Fsp3) is 0.467. The van der Waals surface area contributed by atoms with Gasteiger partial charge in [0.25, 0.3) is 0 Å². The Bertz CT molecular complexity index is 528. The predicted molar refractivity (Wildman–Crippen MR) is 79.5 cm³/mol. The number of carboxylic acid groups (broad SMARTS) is 1. The highest BCUT2D eigenvalue weighted by Crippen LogP contribution is 2.47. The minimum Gasteiger partial charge on any atom is -0.480 e. The summed E-state index contributed by atoms with van der Waals surface area (Å²) in [6.45, 7) is 3.30. The van der Waals surface area contributed by atoms with Gasteiger partial charge in [0.1, 0.15) is 5.54 Å². The number of rotatable bonds is 5. The lowest BCUT2D eigenvalue weighted by atomic mass is 9.98. The average molecular weight is 340 g/mol. The molecule has 0 heterocycles. The number of carboxylic acids is 1. The van der Waals surface area contributed by atoms with E-state index in [1.54, 1.807) is 13.8 Å². The number of carbonyl (C=O) groups excluding carboxylic acids is 1. The van der Waals surface area contributed by atoms with E-state index in [0.717, 1.165) is 16.5 Å². The van der Waals surface area contributed by atoms with Crippen molar-refractivity contribution < 1.29 is 14.7 Å². The summed E-state index contributed by atoms with van der Waals surface area (Å²) in [5.74, 6) is -1.06. The van der Waals surface area contributed by atoms with Crippen LogP contribution >= 0.6 is 15.9 Å². The van der Waals surface area contributed by atoms with Crippen molar-refractivity contribution in [1.82, 2.24) is 5.32 Å². The van der Waals surface area contributed by atoms with E-state index in [9.17, 15) is 14.7 Å². The Hall–Kier alpha value is -1.36. The van der Waals surface area contributed by atoms with E-state index in [0.29, 0.717) is 6.42 Å².